The monoisotopic (exact) mass is 264 g/mol. The first-order valence-electron chi connectivity index (χ1n) is 6.40. The van der Waals surface area contributed by atoms with Crippen LogP contribution in [-0.4, -0.2) is 37.3 Å². The van der Waals surface area contributed by atoms with Crippen LogP contribution in [0.25, 0.3) is 11.2 Å². The molecule has 104 valence electrons. The van der Waals surface area contributed by atoms with Gasteiger partial charge in [0, 0.05) is 18.7 Å². The van der Waals surface area contributed by atoms with E-state index in [2.05, 4.69) is 20.3 Å². The van der Waals surface area contributed by atoms with Crippen molar-refractivity contribution in [2.45, 2.75) is 39.3 Å². The zero-order chi connectivity index (χ0) is 14.0. The molecule has 0 spiro atoms. The van der Waals surface area contributed by atoms with Crippen molar-refractivity contribution in [2.75, 3.05) is 17.7 Å². The first-order chi connectivity index (χ1) is 9.02. The van der Waals surface area contributed by atoms with E-state index in [1.807, 2.05) is 25.3 Å². The lowest BCUT2D eigenvalue weighted by molar-refractivity contribution is 0.264. The van der Waals surface area contributed by atoms with Crippen molar-refractivity contribution in [1.29, 1.82) is 0 Å². The van der Waals surface area contributed by atoms with Gasteiger partial charge in [0.25, 0.3) is 0 Å². The van der Waals surface area contributed by atoms with Gasteiger partial charge in [-0.15, -0.1) is 0 Å². The molecule has 0 aromatic carbocycles. The number of rotatable bonds is 5. The number of aliphatic hydroxyl groups is 1. The Bertz CT molecular complexity index is 565. The number of nitrogens with zero attached hydrogens (tertiary/aromatic N) is 4. The standard InChI is InChI=1S/C12H20N6O/c1-7(2)15-12-14-6-9-10(17-12)18(11(13)16-9)8(3)4-5-19/h6-8,19H,4-5H2,1-3H3,(H2,13,16)(H,14,15,17). The van der Waals surface area contributed by atoms with Crippen LogP contribution >= 0.6 is 0 Å². The molecule has 1 atom stereocenters. The molecule has 0 bridgehead atoms. The highest BCUT2D eigenvalue weighted by Gasteiger charge is 2.16. The smallest absolute Gasteiger partial charge is 0.224 e. The summed E-state index contributed by atoms with van der Waals surface area (Å²) in [5, 5.41) is 12.2. The minimum atomic E-state index is 0.0387. The Morgan fingerprint density at radius 3 is 2.74 bits per heavy atom. The SMILES string of the molecule is CC(C)Nc1ncc2nc(N)n(C(C)CCO)c2n1. The first-order valence-corrected chi connectivity index (χ1v) is 6.40. The minimum absolute atomic E-state index is 0.0387. The maximum absolute atomic E-state index is 9.05. The molecule has 1 unspecified atom stereocenters. The largest absolute Gasteiger partial charge is 0.396 e. The number of hydrogen-bond acceptors (Lipinski definition) is 6. The fraction of sp³-hybridized carbons (Fsp3) is 0.583. The molecule has 0 fully saturated rings. The number of nitrogen functional groups attached to an aromatic ring is 1. The van der Waals surface area contributed by atoms with Crippen molar-refractivity contribution in [2.24, 2.45) is 0 Å². The van der Waals surface area contributed by atoms with Crippen molar-refractivity contribution < 1.29 is 5.11 Å². The molecule has 7 nitrogen and oxygen atoms in total. The van der Waals surface area contributed by atoms with Gasteiger partial charge in [0.05, 0.1) is 6.20 Å². The van der Waals surface area contributed by atoms with E-state index < -0.39 is 0 Å². The number of anilines is 2. The van der Waals surface area contributed by atoms with Crippen molar-refractivity contribution >= 4 is 23.1 Å². The van der Waals surface area contributed by atoms with Crippen LogP contribution in [-0.2, 0) is 0 Å². The average molecular weight is 264 g/mol. The molecule has 2 heterocycles. The number of fused-ring (bicyclic) bond motifs is 1. The zero-order valence-electron chi connectivity index (χ0n) is 11.5. The van der Waals surface area contributed by atoms with Crippen LogP contribution in [0.15, 0.2) is 6.20 Å². The van der Waals surface area contributed by atoms with Crippen molar-refractivity contribution in [3.8, 4) is 0 Å². The molecule has 0 saturated heterocycles. The second kappa shape index (κ2) is 5.40. The number of nitrogens with two attached hydrogens (primary N) is 1. The maximum Gasteiger partial charge on any atom is 0.224 e. The fourth-order valence-corrected chi connectivity index (χ4v) is 1.99. The summed E-state index contributed by atoms with van der Waals surface area (Å²) in [7, 11) is 0. The Labute approximate surface area is 111 Å². The third-order valence-electron chi connectivity index (χ3n) is 2.87. The molecule has 2 aromatic heterocycles. The van der Waals surface area contributed by atoms with E-state index in [1.54, 1.807) is 6.20 Å². The highest BCUT2D eigenvalue weighted by Crippen LogP contribution is 2.23. The van der Waals surface area contributed by atoms with Crippen LogP contribution in [0.1, 0.15) is 33.2 Å². The number of aromatic nitrogens is 4. The lowest BCUT2D eigenvalue weighted by atomic mass is 10.2. The molecule has 0 aliphatic heterocycles. The van der Waals surface area contributed by atoms with Gasteiger partial charge >= 0.3 is 0 Å². The number of hydrogen-bond donors (Lipinski definition) is 3. The van der Waals surface area contributed by atoms with Crippen LogP contribution in [0.5, 0.6) is 0 Å². The van der Waals surface area contributed by atoms with Crippen LogP contribution in [0.2, 0.25) is 0 Å². The molecule has 2 rings (SSSR count). The molecule has 0 aliphatic rings. The van der Waals surface area contributed by atoms with Gasteiger partial charge in [-0.25, -0.2) is 9.97 Å². The van der Waals surface area contributed by atoms with Gasteiger partial charge in [-0.3, -0.25) is 4.57 Å². The molecule has 0 saturated carbocycles. The summed E-state index contributed by atoms with van der Waals surface area (Å²) in [6.07, 6.45) is 2.26. The van der Waals surface area contributed by atoms with Gasteiger partial charge in [0.15, 0.2) is 5.65 Å². The topological polar surface area (TPSA) is 102 Å². The average Bonchev–Trinajstić information content (AvgIpc) is 2.64. The molecular formula is C12H20N6O. The summed E-state index contributed by atoms with van der Waals surface area (Å²) in [6, 6.07) is 0.290. The summed E-state index contributed by atoms with van der Waals surface area (Å²) in [6.45, 7) is 6.12. The van der Waals surface area contributed by atoms with Gasteiger partial charge < -0.3 is 16.2 Å². The van der Waals surface area contributed by atoms with E-state index >= 15 is 0 Å². The maximum atomic E-state index is 9.05. The van der Waals surface area contributed by atoms with Gasteiger partial charge in [0.1, 0.15) is 5.52 Å². The molecule has 19 heavy (non-hydrogen) atoms. The molecule has 2 aromatic rings. The van der Waals surface area contributed by atoms with E-state index in [0.717, 1.165) is 0 Å². The highest BCUT2D eigenvalue weighted by atomic mass is 16.3. The van der Waals surface area contributed by atoms with E-state index in [4.69, 9.17) is 10.8 Å². The molecule has 0 aliphatic carbocycles. The third-order valence-corrected chi connectivity index (χ3v) is 2.87. The summed E-state index contributed by atoms with van der Waals surface area (Å²) in [5.74, 6) is 0.951. The van der Waals surface area contributed by atoms with E-state index in [0.29, 0.717) is 29.5 Å². The lowest BCUT2D eigenvalue weighted by Gasteiger charge is -2.14. The Morgan fingerprint density at radius 1 is 1.37 bits per heavy atom. The van der Waals surface area contributed by atoms with E-state index in [-0.39, 0.29) is 18.7 Å². The molecule has 0 radical (unpaired) electrons. The predicted octanol–water partition coefficient (Wildman–Crippen LogP) is 1.17. The molecular weight excluding hydrogens is 244 g/mol. The Morgan fingerprint density at radius 2 is 2.11 bits per heavy atom. The van der Waals surface area contributed by atoms with E-state index in [9.17, 15) is 0 Å². The van der Waals surface area contributed by atoms with Crippen LogP contribution in [0, 0.1) is 0 Å². The van der Waals surface area contributed by atoms with Gasteiger partial charge in [0.2, 0.25) is 11.9 Å². The molecule has 4 N–H and O–H groups in total. The lowest BCUT2D eigenvalue weighted by Crippen LogP contribution is -2.14. The molecule has 7 heteroatoms. The summed E-state index contributed by atoms with van der Waals surface area (Å²) >= 11 is 0. The normalized spacial score (nSPS) is 13.1. The van der Waals surface area contributed by atoms with Crippen LogP contribution < -0.4 is 11.1 Å². The number of nitrogens with one attached hydrogen (secondary N) is 1. The quantitative estimate of drug-likeness (QED) is 0.749. The van der Waals surface area contributed by atoms with Crippen molar-refractivity contribution in [1.82, 2.24) is 19.5 Å². The van der Waals surface area contributed by atoms with Gasteiger partial charge in [-0.1, -0.05) is 0 Å². The van der Waals surface area contributed by atoms with E-state index in [1.165, 1.54) is 0 Å². The molecule has 0 amide bonds. The summed E-state index contributed by atoms with van der Waals surface area (Å²) in [4.78, 5) is 12.9. The zero-order valence-corrected chi connectivity index (χ0v) is 11.5. The number of imidazole rings is 1. The minimum Gasteiger partial charge on any atom is -0.396 e. The van der Waals surface area contributed by atoms with Gasteiger partial charge in [-0.2, -0.15) is 4.98 Å². The second-order valence-electron chi connectivity index (χ2n) is 4.90. The fourth-order valence-electron chi connectivity index (χ4n) is 1.99. The number of aliphatic hydroxyl groups excluding tert-OH is 1. The highest BCUT2D eigenvalue weighted by molar-refractivity contribution is 5.74. The Kier molecular flexibility index (Phi) is 3.84. The first kappa shape index (κ1) is 13.5. The van der Waals surface area contributed by atoms with Gasteiger partial charge in [-0.05, 0) is 27.2 Å². The van der Waals surface area contributed by atoms with Crippen molar-refractivity contribution in [3.63, 3.8) is 0 Å². The van der Waals surface area contributed by atoms with Crippen molar-refractivity contribution in [3.05, 3.63) is 6.20 Å². The Hall–Kier alpha value is -1.89. The summed E-state index contributed by atoms with van der Waals surface area (Å²) in [5.41, 5.74) is 7.27. The summed E-state index contributed by atoms with van der Waals surface area (Å²) < 4.78 is 1.83. The second-order valence-corrected chi connectivity index (χ2v) is 4.90. The predicted molar refractivity (Wildman–Crippen MR) is 74.9 cm³/mol. The van der Waals surface area contributed by atoms with Crippen LogP contribution in [0.3, 0.4) is 0 Å². The third kappa shape index (κ3) is 2.76. The van der Waals surface area contributed by atoms with Crippen LogP contribution in [0.4, 0.5) is 11.9 Å². The Balaban J connectivity index is 2.46.